The molecule has 1 aliphatic heterocycles. The van der Waals surface area contributed by atoms with Crippen molar-refractivity contribution in [1.82, 2.24) is 0 Å². The smallest absolute Gasteiger partial charge is 0.317 e. The lowest BCUT2D eigenvalue weighted by molar-refractivity contribution is -0.153. The molecule has 0 aliphatic carbocycles. The highest BCUT2D eigenvalue weighted by Crippen LogP contribution is 2.21. The van der Waals surface area contributed by atoms with Crippen molar-refractivity contribution in [2.24, 2.45) is 5.92 Å². The predicted octanol–water partition coefficient (Wildman–Crippen LogP) is 0.629. The topological polar surface area (TPSA) is 63.6 Å². The summed E-state index contributed by atoms with van der Waals surface area (Å²) in [5, 5.41) is 8.51. The van der Waals surface area contributed by atoms with Crippen molar-refractivity contribution in [3.05, 3.63) is 0 Å². The highest BCUT2D eigenvalue weighted by Gasteiger charge is 2.32. The number of aliphatic hydroxyl groups is 1. The van der Waals surface area contributed by atoms with E-state index in [1.54, 1.807) is 0 Å². The summed E-state index contributed by atoms with van der Waals surface area (Å²) in [7, 11) is 0. The molecule has 0 radical (unpaired) electrons. The molecular formula is C9H14O4. The molecule has 0 bridgehead atoms. The molecular weight excluding hydrogens is 172 g/mol. The van der Waals surface area contributed by atoms with Crippen LogP contribution in [0.15, 0.2) is 0 Å². The van der Waals surface area contributed by atoms with Crippen LogP contribution in [0, 0.1) is 5.92 Å². The molecule has 1 rings (SSSR count). The first-order valence-electron chi connectivity index (χ1n) is 4.59. The molecule has 0 amide bonds. The molecule has 0 saturated carbocycles. The van der Waals surface area contributed by atoms with Crippen LogP contribution in [0.25, 0.3) is 0 Å². The van der Waals surface area contributed by atoms with Gasteiger partial charge >= 0.3 is 11.9 Å². The van der Waals surface area contributed by atoms with Gasteiger partial charge < -0.3 is 9.84 Å². The third-order valence-corrected chi connectivity index (χ3v) is 2.17. The fourth-order valence-corrected chi connectivity index (χ4v) is 1.42. The van der Waals surface area contributed by atoms with E-state index in [2.05, 4.69) is 4.74 Å². The molecule has 0 aromatic rings. The van der Waals surface area contributed by atoms with Crippen molar-refractivity contribution in [2.75, 3.05) is 6.61 Å². The number of hydrogen-bond donors (Lipinski definition) is 1. The Morgan fingerprint density at radius 1 is 1.31 bits per heavy atom. The molecule has 0 aromatic heterocycles. The van der Waals surface area contributed by atoms with Crippen molar-refractivity contribution in [1.29, 1.82) is 0 Å². The average molecular weight is 186 g/mol. The first kappa shape index (κ1) is 10.2. The second-order valence-corrected chi connectivity index (χ2v) is 3.27. The molecule has 1 N–H and O–H groups in total. The van der Waals surface area contributed by atoms with Gasteiger partial charge in [0, 0.05) is 6.61 Å². The Morgan fingerprint density at radius 2 is 2.08 bits per heavy atom. The number of aliphatic hydroxyl groups excluding tert-OH is 1. The van der Waals surface area contributed by atoms with Gasteiger partial charge in [-0.15, -0.1) is 0 Å². The lowest BCUT2D eigenvalue weighted by Gasteiger charge is -2.02. The third kappa shape index (κ3) is 3.14. The molecule has 1 saturated heterocycles. The SMILES string of the molecule is O=C1CC(CCCCCO)C(=O)O1. The van der Waals surface area contributed by atoms with Crippen molar-refractivity contribution < 1.29 is 19.4 Å². The first-order valence-corrected chi connectivity index (χ1v) is 4.59. The molecule has 1 heterocycles. The molecule has 4 nitrogen and oxygen atoms in total. The molecule has 0 spiro atoms. The number of rotatable bonds is 5. The lowest BCUT2D eigenvalue weighted by Crippen LogP contribution is -2.07. The Labute approximate surface area is 76.9 Å². The average Bonchev–Trinajstić information content (AvgIpc) is 2.39. The van der Waals surface area contributed by atoms with E-state index < -0.39 is 5.97 Å². The molecule has 4 heteroatoms. The van der Waals surface area contributed by atoms with E-state index in [0.717, 1.165) is 19.3 Å². The molecule has 1 aliphatic rings. The number of carbonyl (C=O) groups excluding carboxylic acids is 2. The highest BCUT2D eigenvalue weighted by atomic mass is 16.6. The van der Waals surface area contributed by atoms with Crippen LogP contribution < -0.4 is 0 Å². The van der Waals surface area contributed by atoms with Gasteiger partial charge in [0.15, 0.2) is 0 Å². The number of ether oxygens (including phenoxy) is 1. The van der Waals surface area contributed by atoms with Gasteiger partial charge in [-0.25, -0.2) is 0 Å². The van der Waals surface area contributed by atoms with Crippen LogP contribution in [0.2, 0.25) is 0 Å². The highest BCUT2D eigenvalue weighted by molar-refractivity contribution is 5.94. The zero-order chi connectivity index (χ0) is 9.68. The largest absolute Gasteiger partial charge is 0.396 e. The van der Waals surface area contributed by atoms with Crippen LogP contribution in [0.5, 0.6) is 0 Å². The van der Waals surface area contributed by atoms with Gasteiger partial charge in [-0.1, -0.05) is 12.8 Å². The Balaban J connectivity index is 2.14. The van der Waals surface area contributed by atoms with E-state index >= 15 is 0 Å². The molecule has 0 aromatic carbocycles. The minimum Gasteiger partial charge on any atom is -0.396 e. The summed E-state index contributed by atoms with van der Waals surface area (Å²) < 4.78 is 4.40. The third-order valence-electron chi connectivity index (χ3n) is 2.17. The van der Waals surface area contributed by atoms with Gasteiger partial charge in [0.25, 0.3) is 0 Å². The van der Waals surface area contributed by atoms with Crippen LogP contribution in [0.1, 0.15) is 32.1 Å². The van der Waals surface area contributed by atoms with Gasteiger partial charge in [-0.3, -0.25) is 9.59 Å². The predicted molar refractivity (Wildman–Crippen MR) is 44.8 cm³/mol. The van der Waals surface area contributed by atoms with Crippen LogP contribution in [0.4, 0.5) is 0 Å². The fourth-order valence-electron chi connectivity index (χ4n) is 1.42. The normalized spacial score (nSPS) is 22.1. The van der Waals surface area contributed by atoms with Crippen molar-refractivity contribution in [2.45, 2.75) is 32.1 Å². The van der Waals surface area contributed by atoms with E-state index in [1.165, 1.54) is 0 Å². The quantitative estimate of drug-likeness (QED) is 0.388. The molecule has 13 heavy (non-hydrogen) atoms. The van der Waals surface area contributed by atoms with E-state index in [0.29, 0.717) is 6.42 Å². The van der Waals surface area contributed by atoms with Crippen molar-refractivity contribution in [3.63, 3.8) is 0 Å². The fraction of sp³-hybridized carbons (Fsp3) is 0.778. The Kier molecular flexibility index (Phi) is 3.89. The number of carbonyl (C=O) groups is 2. The van der Waals surface area contributed by atoms with Gasteiger partial charge in [0.2, 0.25) is 0 Å². The molecule has 74 valence electrons. The number of cyclic esters (lactones) is 2. The molecule has 1 fully saturated rings. The van der Waals surface area contributed by atoms with Crippen molar-refractivity contribution >= 4 is 11.9 Å². The van der Waals surface area contributed by atoms with Crippen LogP contribution >= 0.6 is 0 Å². The summed E-state index contributed by atoms with van der Waals surface area (Å²) in [5.74, 6) is -1.02. The van der Waals surface area contributed by atoms with E-state index in [9.17, 15) is 9.59 Å². The summed E-state index contributed by atoms with van der Waals surface area (Å²) in [6.07, 6.45) is 3.46. The number of unbranched alkanes of at least 4 members (excludes halogenated alkanes) is 2. The maximum Gasteiger partial charge on any atom is 0.317 e. The lowest BCUT2D eigenvalue weighted by atomic mass is 10.00. The summed E-state index contributed by atoms with van der Waals surface area (Å²) >= 11 is 0. The zero-order valence-electron chi connectivity index (χ0n) is 7.49. The maximum atomic E-state index is 11.0. The monoisotopic (exact) mass is 186 g/mol. The Hall–Kier alpha value is -0.900. The van der Waals surface area contributed by atoms with E-state index in [4.69, 9.17) is 5.11 Å². The van der Waals surface area contributed by atoms with Gasteiger partial charge in [-0.05, 0) is 12.8 Å². The minimum absolute atomic E-state index is 0.189. The van der Waals surface area contributed by atoms with Crippen molar-refractivity contribution in [3.8, 4) is 0 Å². The van der Waals surface area contributed by atoms with Gasteiger partial charge in [0.05, 0.1) is 12.3 Å². The number of hydrogen-bond acceptors (Lipinski definition) is 4. The first-order chi connectivity index (χ1) is 6.24. The van der Waals surface area contributed by atoms with Gasteiger partial charge in [-0.2, -0.15) is 0 Å². The molecule has 1 unspecified atom stereocenters. The van der Waals surface area contributed by atoms with E-state index in [-0.39, 0.29) is 24.9 Å². The zero-order valence-corrected chi connectivity index (χ0v) is 7.49. The minimum atomic E-state index is -0.405. The second-order valence-electron chi connectivity index (χ2n) is 3.27. The van der Waals surface area contributed by atoms with Gasteiger partial charge in [0.1, 0.15) is 0 Å². The summed E-state index contributed by atoms with van der Waals surface area (Å²) in [4.78, 5) is 21.6. The standard InChI is InChI=1S/C9H14O4/c10-5-3-1-2-4-7-6-8(11)13-9(7)12/h7,10H,1-6H2. The van der Waals surface area contributed by atoms with Crippen LogP contribution in [-0.2, 0) is 14.3 Å². The summed E-state index contributed by atoms with van der Waals surface area (Å²) in [5.41, 5.74) is 0. The van der Waals surface area contributed by atoms with E-state index in [1.807, 2.05) is 0 Å². The Bertz CT molecular complexity index is 200. The van der Waals surface area contributed by atoms with Crippen LogP contribution in [0.3, 0.4) is 0 Å². The maximum absolute atomic E-state index is 11.0. The molecule has 1 atom stereocenters. The summed E-state index contributed by atoms with van der Waals surface area (Å²) in [6.45, 7) is 0.189. The summed E-state index contributed by atoms with van der Waals surface area (Å²) in [6, 6.07) is 0. The number of esters is 2. The second kappa shape index (κ2) is 4.97. The Morgan fingerprint density at radius 3 is 2.62 bits per heavy atom. The van der Waals surface area contributed by atoms with Crippen LogP contribution in [-0.4, -0.2) is 23.7 Å².